The van der Waals surface area contributed by atoms with Gasteiger partial charge in [-0.1, -0.05) is 24.3 Å². The summed E-state index contributed by atoms with van der Waals surface area (Å²) in [6.07, 6.45) is 1.95. The van der Waals surface area contributed by atoms with Crippen molar-refractivity contribution in [3.05, 3.63) is 54.1 Å². The second-order valence-corrected chi connectivity index (χ2v) is 9.75. The smallest absolute Gasteiger partial charge is 0.321 e. The standard InChI is InChI=1S/C23H31N3O5S/c1-30-20-9-7-18(8-10-20)13-16-32(28,29)24-17-19-11-14-26(15-12-19)23(27)25-21-5-3-4-6-22(21)31-2/h3-10,19,24H,11-17H2,1-2H3,(H,25,27). The molecule has 0 unspecified atom stereocenters. The number of sulfonamides is 1. The van der Waals surface area contributed by atoms with Gasteiger partial charge in [0.25, 0.3) is 0 Å². The normalized spacial score (nSPS) is 14.8. The predicted molar refractivity (Wildman–Crippen MR) is 125 cm³/mol. The van der Waals surface area contributed by atoms with Crippen LogP contribution in [0, 0.1) is 5.92 Å². The van der Waals surface area contributed by atoms with Crippen molar-refractivity contribution < 1.29 is 22.7 Å². The molecule has 0 spiro atoms. The van der Waals surface area contributed by atoms with E-state index in [9.17, 15) is 13.2 Å². The summed E-state index contributed by atoms with van der Waals surface area (Å²) in [5.74, 6) is 1.61. The monoisotopic (exact) mass is 461 g/mol. The second-order valence-electron chi connectivity index (χ2n) is 7.83. The molecule has 2 aromatic carbocycles. The van der Waals surface area contributed by atoms with Crippen LogP contribution in [0.25, 0.3) is 0 Å². The third-order valence-electron chi connectivity index (χ3n) is 5.66. The lowest BCUT2D eigenvalue weighted by molar-refractivity contribution is 0.183. The summed E-state index contributed by atoms with van der Waals surface area (Å²) < 4.78 is 37.9. The Hall–Kier alpha value is -2.78. The molecule has 1 aliphatic rings. The zero-order valence-electron chi connectivity index (χ0n) is 18.5. The average Bonchev–Trinajstić information content (AvgIpc) is 2.82. The van der Waals surface area contributed by atoms with Crippen molar-refractivity contribution in [2.75, 3.05) is 44.9 Å². The van der Waals surface area contributed by atoms with Gasteiger partial charge in [-0.3, -0.25) is 0 Å². The molecule has 2 N–H and O–H groups in total. The van der Waals surface area contributed by atoms with Gasteiger partial charge < -0.3 is 19.7 Å². The van der Waals surface area contributed by atoms with E-state index in [0.717, 1.165) is 24.2 Å². The highest BCUT2D eigenvalue weighted by molar-refractivity contribution is 7.89. The lowest BCUT2D eigenvalue weighted by Crippen LogP contribution is -2.43. The Kier molecular flexibility index (Phi) is 8.35. The van der Waals surface area contributed by atoms with Crippen molar-refractivity contribution in [1.29, 1.82) is 0 Å². The number of carbonyl (C=O) groups excluding carboxylic acids is 1. The fraction of sp³-hybridized carbons (Fsp3) is 0.435. The number of rotatable bonds is 9. The number of aryl methyl sites for hydroxylation is 1. The summed E-state index contributed by atoms with van der Waals surface area (Å²) in [5, 5.41) is 2.88. The summed E-state index contributed by atoms with van der Waals surface area (Å²) in [6.45, 7) is 1.56. The largest absolute Gasteiger partial charge is 0.497 e. The summed E-state index contributed by atoms with van der Waals surface area (Å²) in [6, 6.07) is 14.5. The van der Waals surface area contributed by atoms with Gasteiger partial charge in [0.2, 0.25) is 10.0 Å². The Labute approximate surface area is 190 Å². The molecule has 8 nitrogen and oxygen atoms in total. The van der Waals surface area contributed by atoms with Crippen molar-refractivity contribution in [2.24, 2.45) is 5.92 Å². The van der Waals surface area contributed by atoms with Crippen LogP contribution in [0.3, 0.4) is 0 Å². The Morgan fingerprint density at radius 2 is 1.72 bits per heavy atom. The molecule has 3 rings (SSSR count). The molecule has 2 amide bonds. The minimum absolute atomic E-state index is 0.0412. The van der Waals surface area contributed by atoms with Crippen LogP contribution in [0.5, 0.6) is 11.5 Å². The summed E-state index contributed by atoms with van der Waals surface area (Å²) in [4.78, 5) is 14.3. The van der Waals surface area contributed by atoms with Crippen LogP contribution >= 0.6 is 0 Å². The first kappa shape index (κ1) is 23.9. The maximum absolute atomic E-state index is 12.6. The third-order valence-corrected chi connectivity index (χ3v) is 7.01. The number of carbonyl (C=O) groups is 1. The molecule has 0 aliphatic carbocycles. The van der Waals surface area contributed by atoms with Crippen molar-refractivity contribution in [1.82, 2.24) is 9.62 Å². The first-order valence-electron chi connectivity index (χ1n) is 10.7. The van der Waals surface area contributed by atoms with Crippen molar-refractivity contribution in [3.63, 3.8) is 0 Å². The van der Waals surface area contributed by atoms with E-state index in [2.05, 4.69) is 10.0 Å². The minimum Gasteiger partial charge on any atom is -0.497 e. The number of ether oxygens (including phenoxy) is 2. The fourth-order valence-corrected chi connectivity index (χ4v) is 4.78. The Balaban J connectivity index is 1.40. The summed E-state index contributed by atoms with van der Waals surface area (Å²) in [5.41, 5.74) is 1.58. The number of urea groups is 1. The number of nitrogens with zero attached hydrogens (tertiary/aromatic N) is 1. The lowest BCUT2D eigenvalue weighted by Gasteiger charge is -2.32. The molecule has 0 saturated carbocycles. The van der Waals surface area contributed by atoms with Crippen LogP contribution in [0.4, 0.5) is 10.5 Å². The SMILES string of the molecule is COc1ccc(CCS(=O)(=O)NCC2CCN(C(=O)Nc3ccccc3OC)CC2)cc1. The molecule has 174 valence electrons. The van der Waals surface area contributed by atoms with Gasteiger partial charge in [0.05, 0.1) is 25.7 Å². The van der Waals surface area contributed by atoms with E-state index in [-0.39, 0.29) is 17.7 Å². The zero-order valence-corrected chi connectivity index (χ0v) is 19.4. The molecule has 0 aromatic heterocycles. The number of piperidine rings is 1. The van der Waals surface area contributed by atoms with Crippen molar-refractivity contribution in [2.45, 2.75) is 19.3 Å². The maximum Gasteiger partial charge on any atom is 0.321 e. The fourth-order valence-electron chi connectivity index (χ4n) is 3.64. The molecule has 9 heteroatoms. The molecule has 1 fully saturated rings. The van der Waals surface area contributed by atoms with Crippen LogP contribution in [-0.4, -0.2) is 59.0 Å². The molecule has 1 saturated heterocycles. The van der Waals surface area contributed by atoms with Crippen LogP contribution in [-0.2, 0) is 16.4 Å². The minimum atomic E-state index is -3.36. The van der Waals surface area contributed by atoms with E-state index in [4.69, 9.17) is 9.47 Å². The highest BCUT2D eigenvalue weighted by Gasteiger charge is 2.24. The average molecular weight is 462 g/mol. The van der Waals surface area contributed by atoms with Crippen molar-refractivity contribution >= 4 is 21.7 Å². The van der Waals surface area contributed by atoms with Gasteiger partial charge in [-0.15, -0.1) is 0 Å². The number of hydrogen-bond acceptors (Lipinski definition) is 5. The van der Waals surface area contributed by atoms with Crippen LogP contribution in [0.1, 0.15) is 18.4 Å². The molecule has 32 heavy (non-hydrogen) atoms. The maximum atomic E-state index is 12.6. The first-order valence-corrected chi connectivity index (χ1v) is 12.3. The molecule has 1 heterocycles. The van der Waals surface area contributed by atoms with E-state index in [0.29, 0.717) is 37.5 Å². The number of hydrogen-bond donors (Lipinski definition) is 2. The van der Waals surface area contributed by atoms with Gasteiger partial charge in [0, 0.05) is 19.6 Å². The van der Waals surface area contributed by atoms with Gasteiger partial charge in [0.1, 0.15) is 11.5 Å². The highest BCUT2D eigenvalue weighted by atomic mass is 32.2. The number of benzene rings is 2. The zero-order chi connectivity index (χ0) is 23.0. The first-order chi connectivity index (χ1) is 15.4. The lowest BCUT2D eigenvalue weighted by atomic mass is 9.97. The highest BCUT2D eigenvalue weighted by Crippen LogP contribution is 2.24. The van der Waals surface area contributed by atoms with Gasteiger partial charge in [0.15, 0.2) is 0 Å². The van der Waals surface area contributed by atoms with Gasteiger partial charge in [-0.2, -0.15) is 0 Å². The van der Waals surface area contributed by atoms with Crippen molar-refractivity contribution in [3.8, 4) is 11.5 Å². The van der Waals surface area contributed by atoms with E-state index < -0.39 is 10.0 Å². The van der Waals surface area contributed by atoms with Gasteiger partial charge in [-0.05, 0) is 55.0 Å². The Bertz CT molecular complexity index is 987. The van der Waals surface area contributed by atoms with E-state index in [1.807, 2.05) is 36.4 Å². The van der Waals surface area contributed by atoms with Crippen LogP contribution in [0.15, 0.2) is 48.5 Å². The Morgan fingerprint density at radius 1 is 1.03 bits per heavy atom. The van der Waals surface area contributed by atoms with Gasteiger partial charge in [-0.25, -0.2) is 17.9 Å². The number of nitrogens with one attached hydrogen (secondary N) is 2. The number of methoxy groups -OCH3 is 2. The van der Waals surface area contributed by atoms with Crippen LogP contribution in [0.2, 0.25) is 0 Å². The summed E-state index contributed by atoms with van der Waals surface area (Å²) in [7, 11) is -0.199. The number of anilines is 1. The third kappa shape index (κ3) is 6.86. The van der Waals surface area contributed by atoms with E-state index >= 15 is 0 Å². The van der Waals surface area contributed by atoms with Gasteiger partial charge >= 0.3 is 6.03 Å². The molecular weight excluding hydrogens is 430 g/mol. The van der Waals surface area contributed by atoms with E-state index in [1.165, 1.54) is 0 Å². The van der Waals surface area contributed by atoms with E-state index in [1.54, 1.807) is 31.3 Å². The number of para-hydroxylation sites is 2. The topological polar surface area (TPSA) is 97.0 Å². The van der Waals surface area contributed by atoms with Crippen LogP contribution < -0.4 is 19.5 Å². The summed E-state index contributed by atoms with van der Waals surface area (Å²) >= 11 is 0. The molecule has 2 aromatic rings. The quantitative estimate of drug-likeness (QED) is 0.598. The second kappa shape index (κ2) is 11.2. The molecule has 0 bridgehead atoms. The molecule has 0 radical (unpaired) electrons. The predicted octanol–water partition coefficient (Wildman–Crippen LogP) is 3.11. The Morgan fingerprint density at radius 3 is 2.38 bits per heavy atom. The molecular formula is C23H31N3O5S. The number of amides is 2. The molecule has 1 aliphatic heterocycles. The molecule has 0 atom stereocenters. The number of likely N-dealkylation sites (tertiary alicyclic amines) is 1.